The molecule has 0 atom stereocenters. The third-order valence-electron chi connectivity index (χ3n) is 7.57. The highest BCUT2D eigenvalue weighted by Gasteiger charge is 2.42. The minimum absolute atomic E-state index is 0.0204. The first-order valence-electron chi connectivity index (χ1n) is 11.7. The molecule has 0 aromatic carbocycles. The molecule has 2 aliphatic carbocycles. The molecule has 0 bridgehead atoms. The number of hydrogen-bond donors (Lipinski definition) is 0. The summed E-state index contributed by atoms with van der Waals surface area (Å²) in [5, 5.41) is 0. The molecule has 2 saturated carbocycles. The molecule has 2 aliphatic rings. The van der Waals surface area contributed by atoms with Crippen LogP contribution in [0.1, 0.15) is 112 Å². The second-order valence-corrected chi connectivity index (χ2v) is 9.64. The average molecular weight is 395 g/mol. The fraction of sp³-hybridized carbons (Fsp3) is 0.917. The number of ether oxygens (including phenoxy) is 2. The van der Waals surface area contributed by atoms with Gasteiger partial charge in [-0.15, -0.1) is 0 Å². The van der Waals surface area contributed by atoms with Gasteiger partial charge < -0.3 is 9.47 Å². The Hall–Kier alpha value is -1.06. The fourth-order valence-electron chi connectivity index (χ4n) is 4.84. The van der Waals surface area contributed by atoms with E-state index in [9.17, 15) is 9.59 Å². The van der Waals surface area contributed by atoms with E-state index >= 15 is 0 Å². The van der Waals surface area contributed by atoms with Gasteiger partial charge in [0.15, 0.2) is 0 Å². The van der Waals surface area contributed by atoms with E-state index < -0.39 is 5.41 Å². The van der Waals surface area contributed by atoms with Gasteiger partial charge in [0.25, 0.3) is 0 Å². The summed E-state index contributed by atoms with van der Waals surface area (Å²) in [6.45, 7) is 10.2. The highest BCUT2D eigenvalue weighted by molar-refractivity contribution is 5.76. The topological polar surface area (TPSA) is 52.6 Å². The molecule has 0 heterocycles. The SMILES string of the molecule is CCC(C)(C)C(=O)OC1CCC(C(=O)OC(CC)(CC)C2CCCCC2)CC1. The van der Waals surface area contributed by atoms with Crippen LogP contribution in [0.2, 0.25) is 0 Å². The van der Waals surface area contributed by atoms with E-state index in [0.717, 1.165) is 44.9 Å². The third kappa shape index (κ3) is 5.51. The Labute approximate surface area is 172 Å². The lowest BCUT2D eigenvalue weighted by Crippen LogP contribution is -2.44. The summed E-state index contributed by atoms with van der Waals surface area (Å²) in [4.78, 5) is 25.3. The molecule has 0 aromatic rings. The van der Waals surface area contributed by atoms with Crippen molar-refractivity contribution < 1.29 is 19.1 Å². The second kappa shape index (κ2) is 10.1. The maximum atomic E-state index is 13.0. The van der Waals surface area contributed by atoms with Crippen LogP contribution in [0.4, 0.5) is 0 Å². The lowest BCUT2D eigenvalue weighted by molar-refractivity contribution is -0.177. The number of hydrogen-bond acceptors (Lipinski definition) is 4. The lowest BCUT2D eigenvalue weighted by Gasteiger charge is -2.42. The van der Waals surface area contributed by atoms with Crippen LogP contribution in [-0.4, -0.2) is 23.6 Å². The van der Waals surface area contributed by atoms with Gasteiger partial charge in [-0.3, -0.25) is 9.59 Å². The van der Waals surface area contributed by atoms with Crippen molar-refractivity contribution in [1.82, 2.24) is 0 Å². The molecule has 0 saturated heterocycles. The zero-order chi connectivity index (χ0) is 20.8. The van der Waals surface area contributed by atoms with Gasteiger partial charge in [0, 0.05) is 0 Å². The van der Waals surface area contributed by atoms with Gasteiger partial charge in [0.1, 0.15) is 11.7 Å². The number of carbonyl (C=O) groups excluding carboxylic acids is 2. The molecule has 162 valence electrons. The van der Waals surface area contributed by atoms with Crippen molar-refractivity contribution in [2.24, 2.45) is 17.3 Å². The molecule has 0 spiro atoms. The van der Waals surface area contributed by atoms with Gasteiger partial charge in [0.05, 0.1) is 11.3 Å². The molecule has 0 amide bonds. The second-order valence-electron chi connectivity index (χ2n) is 9.64. The van der Waals surface area contributed by atoms with E-state index in [1.54, 1.807) is 0 Å². The summed E-state index contributed by atoms with van der Waals surface area (Å²) in [6, 6.07) is 0. The zero-order valence-corrected chi connectivity index (χ0v) is 18.9. The molecule has 0 aromatic heterocycles. The molecular formula is C24H42O4. The Morgan fingerprint density at radius 2 is 1.39 bits per heavy atom. The summed E-state index contributed by atoms with van der Waals surface area (Å²) < 4.78 is 12.0. The Bertz CT molecular complexity index is 507. The minimum Gasteiger partial charge on any atom is -0.462 e. The summed E-state index contributed by atoms with van der Waals surface area (Å²) in [7, 11) is 0. The molecule has 4 nitrogen and oxygen atoms in total. The highest BCUT2D eigenvalue weighted by Crippen LogP contribution is 2.41. The van der Waals surface area contributed by atoms with Gasteiger partial charge in [-0.2, -0.15) is 0 Å². The smallest absolute Gasteiger partial charge is 0.311 e. The Kier molecular flexibility index (Phi) is 8.39. The minimum atomic E-state index is -0.433. The van der Waals surface area contributed by atoms with Crippen LogP contribution in [0, 0.1) is 17.3 Å². The van der Waals surface area contributed by atoms with E-state index in [1.165, 1.54) is 32.1 Å². The van der Waals surface area contributed by atoms with Crippen molar-refractivity contribution in [3.63, 3.8) is 0 Å². The molecular weight excluding hydrogens is 352 g/mol. The van der Waals surface area contributed by atoms with Crippen molar-refractivity contribution >= 4 is 11.9 Å². The molecule has 0 N–H and O–H groups in total. The summed E-state index contributed by atoms with van der Waals surface area (Å²) in [5.41, 5.74) is -0.719. The predicted molar refractivity (Wildman–Crippen MR) is 112 cm³/mol. The van der Waals surface area contributed by atoms with E-state index in [4.69, 9.17) is 9.47 Å². The molecule has 0 aliphatic heterocycles. The van der Waals surface area contributed by atoms with Gasteiger partial charge in [0.2, 0.25) is 0 Å². The first kappa shape index (κ1) is 23.2. The normalized spacial score (nSPS) is 24.6. The van der Waals surface area contributed by atoms with Crippen LogP contribution in [0.3, 0.4) is 0 Å². The lowest BCUT2D eigenvalue weighted by atomic mass is 9.74. The molecule has 2 fully saturated rings. The van der Waals surface area contributed by atoms with Crippen molar-refractivity contribution in [1.29, 1.82) is 0 Å². The van der Waals surface area contributed by atoms with Crippen molar-refractivity contribution in [3.8, 4) is 0 Å². The van der Waals surface area contributed by atoms with Crippen LogP contribution < -0.4 is 0 Å². The maximum absolute atomic E-state index is 13.0. The number of esters is 2. The quantitative estimate of drug-likeness (QED) is 0.459. The van der Waals surface area contributed by atoms with Crippen molar-refractivity contribution in [3.05, 3.63) is 0 Å². The van der Waals surface area contributed by atoms with Gasteiger partial charge >= 0.3 is 11.9 Å². The standard InChI is InChI=1S/C24H42O4/c1-6-23(4,5)22(26)27-20-16-14-18(15-17-20)21(25)28-24(7-2,8-3)19-12-10-9-11-13-19/h18-20H,6-17H2,1-5H3. The van der Waals surface area contributed by atoms with E-state index in [-0.39, 0.29) is 29.6 Å². The van der Waals surface area contributed by atoms with Crippen molar-refractivity contribution in [2.45, 2.75) is 123 Å². The van der Waals surface area contributed by atoms with Gasteiger partial charge in [-0.05, 0) is 77.6 Å². The highest BCUT2D eigenvalue weighted by atomic mass is 16.6. The molecule has 28 heavy (non-hydrogen) atoms. The number of carbonyl (C=O) groups is 2. The summed E-state index contributed by atoms with van der Waals surface area (Å²) in [5.74, 6) is 0.325. The van der Waals surface area contributed by atoms with Crippen molar-refractivity contribution in [2.75, 3.05) is 0 Å². The Morgan fingerprint density at radius 1 is 0.821 bits per heavy atom. The van der Waals surface area contributed by atoms with Crippen LogP contribution in [0.15, 0.2) is 0 Å². The zero-order valence-electron chi connectivity index (χ0n) is 18.9. The van der Waals surface area contributed by atoms with E-state index in [2.05, 4.69) is 13.8 Å². The summed E-state index contributed by atoms with van der Waals surface area (Å²) >= 11 is 0. The van der Waals surface area contributed by atoms with E-state index in [1.807, 2.05) is 20.8 Å². The Morgan fingerprint density at radius 3 is 1.89 bits per heavy atom. The van der Waals surface area contributed by atoms with Crippen LogP contribution >= 0.6 is 0 Å². The van der Waals surface area contributed by atoms with Crippen LogP contribution in [0.5, 0.6) is 0 Å². The monoisotopic (exact) mass is 394 g/mol. The predicted octanol–water partition coefficient (Wildman–Crippen LogP) is 6.21. The average Bonchev–Trinajstić information content (AvgIpc) is 2.73. The summed E-state index contributed by atoms with van der Waals surface area (Å²) in [6.07, 6.45) is 11.8. The van der Waals surface area contributed by atoms with Gasteiger partial charge in [-0.1, -0.05) is 40.0 Å². The third-order valence-corrected chi connectivity index (χ3v) is 7.57. The molecule has 0 unspecified atom stereocenters. The molecule has 0 radical (unpaired) electrons. The van der Waals surface area contributed by atoms with E-state index in [0.29, 0.717) is 5.92 Å². The molecule has 2 rings (SSSR count). The number of rotatable bonds is 8. The first-order valence-corrected chi connectivity index (χ1v) is 11.7. The molecule has 4 heteroatoms. The first-order chi connectivity index (χ1) is 13.3. The van der Waals surface area contributed by atoms with Crippen LogP contribution in [0.25, 0.3) is 0 Å². The largest absolute Gasteiger partial charge is 0.462 e. The maximum Gasteiger partial charge on any atom is 0.311 e. The van der Waals surface area contributed by atoms with Gasteiger partial charge in [-0.25, -0.2) is 0 Å². The van der Waals surface area contributed by atoms with Crippen LogP contribution in [-0.2, 0) is 19.1 Å². The Balaban J connectivity index is 1.89. The fourth-order valence-corrected chi connectivity index (χ4v) is 4.84.